The fourth-order valence-electron chi connectivity index (χ4n) is 3.54. The second-order valence-electron chi connectivity index (χ2n) is 6.90. The van der Waals surface area contributed by atoms with Gasteiger partial charge in [-0.05, 0) is 25.3 Å². The van der Waals surface area contributed by atoms with Crippen LogP contribution >= 0.6 is 0 Å². The fourth-order valence-corrected chi connectivity index (χ4v) is 4.27. The van der Waals surface area contributed by atoms with Gasteiger partial charge in [-0.3, -0.25) is 9.59 Å². The highest BCUT2D eigenvalue weighted by atomic mass is 32.2. The summed E-state index contributed by atoms with van der Waals surface area (Å²) >= 11 is 0. The summed E-state index contributed by atoms with van der Waals surface area (Å²) in [5.74, 6) is -2.41. The third-order valence-electron chi connectivity index (χ3n) is 4.89. The van der Waals surface area contributed by atoms with Crippen LogP contribution in [0.2, 0.25) is 0 Å². The van der Waals surface area contributed by atoms with Gasteiger partial charge in [-0.2, -0.15) is 0 Å². The fraction of sp³-hybridized carbons (Fsp3) is 0.529. The van der Waals surface area contributed by atoms with Crippen LogP contribution in [0.1, 0.15) is 25.7 Å². The summed E-state index contributed by atoms with van der Waals surface area (Å²) < 4.78 is 51.3. The molecule has 2 atom stereocenters. The van der Waals surface area contributed by atoms with Gasteiger partial charge in [-0.25, -0.2) is 17.2 Å². The molecule has 2 aliphatic heterocycles. The molecule has 2 saturated heterocycles. The van der Waals surface area contributed by atoms with E-state index >= 15 is 0 Å². The van der Waals surface area contributed by atoms with Crippen LogP contribution in [0.25, 0.3) is 0 Å². The first-order valence-corrected chi connectivity index (χ1v) is 10.6. The van der Waals surface area contributed by atoms with E-state index in [1.807, 2.05) is 0 Å². The Hall–Kier alpha value is -2.23. The standard InChI is InChI=1S/C17H21F2N3O4S/c1-27(25,26)15-9-11(18)14(8-12(15)19)21-13-3-2-6-22(17(13)24)10-4-5-20-16(23)7-10/h8-10,13,21H,2-7H2,1H3,(H,20,23). The summed E-state index contributed by atoms with van der Waals surface area (Å²) in [7, 11) is -3.90. The second kappa shape index (κ2) is 7.41. The number of sulfone groups is 1. The number of rotatable bonds is 4. The number of anilines is 1. The minimum absolute atomic E-state index is 0.112. The van der Waals surface area contributed by atoms with E-state index in [1.165, 1.54) is 0 Å². The van der Waals surface area contributed by atoms with Crippen LogP contribution in [0, 0.1) is 11.6 Å². The monoisotopic (exact) mass is 401 g/mol. The van der Waals surface area contributed by atoms with E-state index in [-0.39, 0.29) is 30.0 Å². The Morgan fingerprint density at radius 2 is 1.93 bits per heavy atom. The summed E-state index contributed by atoms with van der Waals surface area (Å²) in [4.78, 5) is 25.3. The van der Waals surface area contributed by atoms with Crippen molar-refractivity contribution < 1.29 is 26.8 Å². The summed E-state index contributed by atoms with van der Waals surface area (Å²) in [5.41, 5.74) is -0.263. The van der Waals surface area contributed by atoms with Crippen LogP contribution in [-0.2, 0) is 19.4 Å². The molecule has 0 aromatic heterocycles. The van der Waals surface area contributed by atoms with Crippen molar-refractivity contribution >= 4 is 27.3 Å². The minimum Gasteiger partial charge on any atom is -0.371 e. The zero-order valence-electron chi connectivity index (χ0n) is 14.8. The Balaban J connectivity index is 1.78. The maximum absolute atomic E-state index is 14.3. The molecule has 27 heavy (non-hydrogen) atoms. The zero-order chi connectivity index (χ0) is 19.8. The third kappa shape index (κ3) is 4.20. The van der Waals surface area contributed by atoms with Crippen LogP contribution in [0.15, 0.2) is 17.0 Å². The first-order chi connectivity index (χ1) is 12.7. The van der Waals surface area contributed by atoms with Crippen molar-refractivity contribution in [1.82, 2.24) is 10.2 Å². The number of benzene rings is 1. The Kier molecular flexibility index (Phi) is 5.36. The van der Waals surface area contributed by atoms with E-state index in [2.05, 4.69) is 10.6 Å². The minimum atomic E-state index is -3.90. The molecule has 0 aliphatic carbocycles. The van der Waals surface area contributed by atoms with Crippen LogP contribution in [0.4, 0.5) is 14.5 Å². The number of carbonyl (C=O) groups excluding carboxylic acids is 2. The number of hydrogen-bond donors (Lipinski definition) is 2. The first-order valence-electron chi connectivity index (χ1n) is 8.69. The lowest BCUT2D eigenvalue weighted by molar-refractivity contribution is -0.139. The molecule has 0 saturated carbocycles. The van der Waals surface area contributed by atoms with Crippen LogP contribution in [0.5, 0.6) is 0 Å². The van der Waals surface area contributed by atoms with Gasteiger partial charge in [-0.15, -0.1) is 0 Å². The summed E-state index contributed by atoms with van der Waals surface area (Å²) in [6, 6.07) is 0.405. The first kappa shape index (κ1) is 19.5. The van der Waals surface area contributed by atoms with E-state index in [0.29, 0.717) is 38.4 Å². The number of nitrogens with one attached hydrogen (secondary N) is 2. The average molecular weight is 401 g/mol. The topological polar surface area (TPSA) is 95.6 Å². The number of hydrogen-bond acceptors (Lipinski definition) is 5. The van der Waals surface area contributed by atoms with Gasteiger partial charge < -0.3 is 15.5 Å². The van der Waals surface area contributed by atoms with Crippen molar-refractivity contribution in [3.05, 3.63) is 23.8 Å². The Bertz CT molecular complexity index is 875. The molecule has 2 heterocycles. The van der Waals surface area contributed by atoms with Crippen molar-refractivity contribution in [2.75, 3.05) is 24.7 Å². The van der Waals surface area contributed by atoms with Crippen molar-refractivity contribution in [2.45, 2.75) is 42.7 Å². The van der Waals surface area contributed by atoms with Crippen LogP contribution < -0.4 is 10.6 Å². The largest absolute Gasteiger partial charge is 0.371 e. The highest BCUT2D eigenvalue weighted by Gasteiger charge is 2.35. The number of halogens is 2. The summed E-state index contributed by atoms with van der Waals surface area (Å²) in [6.07, 6.45) is 2.76. The lowest BCUT2D eigenvalue weighted by Gasteiger charge is -2.39. The smallest absolute Gasteiger partial charge is 0.245 e. The molecule has 2 N–H and O–H groups in total. The highest BCUT2D eigenvalue weighted by Crippen LogP contribution is 2.27. The number of carbonyl (C=O) groups is 2. The summed E-state index contributed by atoms with van der Waals surface area (Å²) in [6.45, 7) is 1.01. The molecule has 2 fully saturated rings. The molecular weight excluding hydrogens is 380 g/mol. The molecule has 2 aliphatic rings. The van der Waals surface area contributed by atoms with E-state index in [9.17, 15) is 26.8 Å². The number of amides is 2. The summed E-state index contributed by atoms with van der Waals surface area (Å²) in [5, 5.41) is 5.41. The third-order valence-corrected chi connectivity index (χ3v) is 6.00. The quantitative estimate of drug-likeness (QED) is 0.786. The van der Waals surface area contributed by atoms with Crippen LogP contribution in [0.3, 0.4) is 0 Å². The molecule has 10 heteroatoms. The number of nitrogens with zero attached hydrogens (tertiary/aromatic N) is 1. The molecule has 7 nitrogen and oxygen atoms in total. The Morgan fingerprint density at radius 3 is 2.59 bits per heavy atom. The number of piperidine rings is 2. The van der Waals surface area contributed by atoms with Gasteiger partial charge in [0.2, 0.25) is 11.8 Å². The maximum Gasteiger partial charge on any atom is 0.245 e. The molecule has 3 rings (SSSR count). The molecule has 148 valence electrons. The molecule has 2 amide bonds. The predicted molar refractivity (Wildman–Crippen MR) is 93.9 cm³/mol. The molecular formula is C17H21F2N3O4S. The molecule has 2 unspecified atom stereocenters. The van der Waals surface area contributed by atoms with E-state index in [4.69, 9.17) is 0 Å². The van der Waals surface area contributed by atoms with E-state index in [0.717, 1.165) is 12.3 Å². The van der Waals surface area contributed by atoms with Crippen molar-refractivity contribution in [3.8, 4) is 0 Å². The van der Waals surface area contributed by atoms with E-state index in [1.54, 1.807) is 4.90 Å². The second-order valence-corrected chi connectivity index (χ2v) is 8.89. The average Bonchev–Trinajstić information content (AvgIpc) is 2.58. The van der Waals surface area contributed by atoms with Gasteiger partial charge in [0.05, 0.1) is 5.69 Å². The molecule has 1 aromatic rings. The van der Waals surface area contributed by atoms with Gasteiger partial charge >= 0.3 is 0 Å². The molecule has 0 radical (unpaired) electrons. The van der Waals surface area contributed by atoms with Gasteiger partial charge in [0, 0.05) is 37.9 Å². The van der Waals surface area contributed by atoms with Crippen molar-refractivity contribution in [3.63, 3.8) is 0 Å². The number of likely N-dealkylation sites (tertiary alicyclic amines) is 1. The lowest BCUT2D eigenvalue weighted by Crippen LogP contribution is -2.55. The van der Waals surface area contributed by atoms with Crippen LogP contribution in [-0.4, -0.2) is 56.6 Å². The van der Waals surface area contributed by atoms with E-state index < -0.39 is 32.4 Å². The lowest BCUT2D eigenvalue weighted by atomic mass is 9.97. The molecule has 1 aromatic carbocycles. The van der Waals surface area contributed by atoms with Crippen molar-refractivity contribution in [2.24, 2.45) is 0 Å². The maximum atomic E-state index is 14.3. The normalized spacial score (nSPS) is 23.9. The van der Waals surface area contributed by atoms with Gasteiger partial charge in [-0.1, -0.05) is 0 Å². The Labute approximate surface area is 156 Å². The Morgan fingerprint density at radius 1 is 1.19 bits per heavy atom. The SMILES string of the molecule is CS(=O)(=O)c1cc(F)c(NC2CCCN(C3CCNC(=O)C3)C2=O)cc1F. The molecule has 0 bridgehead atoms. The molecule has 0 spiro atoms. The van der Waals surface area contributed by atoms with Gasteiger partial charge in [0.15, 0.2) is 9.84 Å². The van der Waals surface area contributed by atoms with Crippen molar-refractivity contribution in [1.29, 1.82) is 0 Å². The zero-order valence-corrected chi connectivity index (χ0v) is 15.6. The van der Waals surface area contributed by atoms with Gasteiger partial charge in [0.1, 0.15) is 22.6 Å². The highest BCUT2D eigenvalue weighted by molar-refractivity contribution is 7.90. The van der Waals surface area contributed by atoms with Gasteiger partial charge in [0.25, 0.3) is 0 Å². The predicted octanol–water partition coefficient (Wildman–Crippen LogP) is 1.05.